The first-order chi connectivity index (χ1) is 12.8. The fraction of sp³-hybridized carbons (Fsp3) is 0.278. The number of nitrogens with one attached hydrogen (secondary N) is 2. The summed E-state index contributed by atoms with van der Waals surface area (Å²) in [6.07, 6.45) is 1.72. The lowest BCUT2D eigenvalue weighted by atomic mass is 10.1. The lowest BCUT2D eigenvalue weighted by Gasteiger charge is -2.11. The van der Waals surface area contributed by atoms with Gasteiger partial charge in [0.25, 0.3) is 11.8 Å². The van der Waals surface area contributed by atoms with E-state index in [9.17, 15) is 22.4 Å². The monoisotopic (exact) mass is 391 g/mol. The Balaban J connectivity index is 1.61. The average Bonchev–Trinajstić information content (AvgIpc) is 2.99. The first-order valence-electron chi connectivity index (χ1n) is 8.32. The molecular weight excluding hydrogens is 373 g/mol. The number of nitrogens with zero attached hydrogens (tertiary/aromatic N) is 1. The Morgan fingerprint density at radius 3 is 2.56 bits per heavy atom. The number of hydrogen-bond acceptors (Lipinski definition) is 5. The van der Waals surface area contributed by atoms with E-state index in [4.69, 9.17) is 0 Å². The number of hydrogen-bond donors (Lipinski definition) is 2. The molecule has 9 heteroatoms. The molecule has 2 heterocycles. The van der Waals surface area contributed by atoms with Gasteiger partial charge in [-0.15, -0.1) is 0 Å². The van der Waals surface area contributed by atoms with Gasteiger partial charge in [0, 0.05) is 24.3 Å². The van der Waals surface area contributed by atoms with Crippen LogP contribution in [0.2, 0.25) is 0 Å². The number of halogens is 1. The number of amides is 2. The molecule has 2 aromatic rings. The van der Waals surface area contributed by atoms with Crippen molar-refractivity contribution in [1.29, 1.82) is 0 Å². The standard InChI is InChI=1S/C18H18FN3O4S/c19-14-3-1-12(2-4-14)10-21-18(24)16-9-13(5-7-20-16)17(23)22-15-6-8-27(25,26)11-15/h1-5,7,9,15H,6,8,10-11H2,(H,21,24)(H,22,23). The van der Waals surface area contributed by atoms with E-state index in [-0.39, 0.29) is 35.1 Å². The van der Waals surface area contributed by atoms with Crippen molar-refractivity contribution in [3.8, 4) is 0 Å². The van der Waals surface area contributed by atoms with Crippen LogP contribution in [0.3, 0.4) is 0 Å². The SMILES string of the molecule is O=C(NC1CCS(=O)(=O)C1)c1ccnc(C(=O)NCc2ccc(F)cc2)c1. The zero-order valence-electron chi connectivity index (χ0n) is 14.3. The zero-order valence-corrected chi connectivity index (χ0v) is 15.1. The number of carbonyl (C=O) groups is 2. The third-order valence-electron chi connectivity index (χ3n) is 4.19. The number of benzene rings is 1. The third-order valence-corrected chi connectivity index (χ3v) is 5.96. The average molecular weight is 391 g/mol. The van der Waals surface area contributed by atoms with Gasteiger partial charge in [0.05, 0.1) is 11.5 Å². The summed E-state index contributed by atoms with van der Waals surface area (Å²) in [4.78, 5) is 28.5. The van der Waals surface area contributed by atoms with Crippen molar-refractivity contribution in [2.75, 3.05) is 11.5 Å². The van der Waals surface area contributed by atoms with Crippen LogP contribution in [-0.4, -0.2) is 42.8 Å². The van der Waals surface area contributed by atoms with Crippen molar-refractivity contribution in [3.63, 3.8) is 0 Å². The zero-order chi connectivity index (χ0) is 19.4. The molecule has 1 aromatic heterocycles. The first kappa shape index (κ1) is 19.0. The summed E-state index contributed by atoms with van der Waals surface area (Å²) in [6, 6.07) is 8.09. The Morgan fingerprint density at radius 2 is 1.89 bits per heavy atom. The van der Waals surface area contributed by atoms with E-state index in [0.29, 0.717) is 6.42 Å². The van der Waals surface area contributed by atoms with Gasteiger partial charge in [-0.2, -0.15) is 0 Å². The molecule has 1 aliphatic heterocycles. The smallest absolute Gasteiger partial charge is 0.270 e. The van der Waals surface area contributed by atoms with Crippen molar-refractivity contribution in [1.82, 2.24) is 15.6 Å². The van der Waals surface area contributed by atoms with Gasteiger partial charge in [-0.25, -0.2) is 12.8 Å². The minimum absolute atomic E-state index is 0.0591. The molecule has 1 aromatic carbocycles. The number of carbonyl (C=O) groups excluding carboxylic acids is 2. The lowest BCUT2D eigenvalue weighted by Crippen LogP contribution is -2.35. The molecular formula is C18H18FN3O4S. The van der Waals surface area contributed by atoms with Crippen molar-refractivity contribution in [2.45, 2.75) is 19.0 Å². The highest BCUT2D eigenvalue weighted by Gasteiger charge is 2.29. The number of rotatable bonds is 5. The van der Waals surface area contributed by atoms with Crippen LogP contribution < -0.4 is 10.6 Å². The van der Waals surface area contributed by atoms with Crippen LogP contribution in [-0.2, 0) is 16.4 Å². The summed E-state index contributed by atoms with van der Waals surface area (Å²) in [5.74, 6) is -1.30. The highest BCUT2D eigenvalue weighted by atomic mass is 32.2. The Labute approximate surface area is 155 Å². The lowest BCUT2D eigenvalue weighted by molar-refractivity contribution is 0.0941. The maximum atomic E-state index is 12.9. The van der Waals surface area contributed by atoms with Crippen molar-refractivity contribution in [3.05, 3.63) is 65.2 Å². The Morgan fingerprint density at radius 1 is 1.15 bits per heavy atom. The third kappa shape index (κ3) is 5.10. The van der Waals surface area contributed by atoms with Crippen LogP contribution in [0.5, 0.6) is 0 Å². The van der Waals surface area contributed by atoms with Crippen LogP contribution in [0.1, 0.15) is 32.8 Å². The fourth-order valence-corrected chi connectivity index (χ4v) is 4.42. The molecule has 0 radical (unpaired) electrons. The van der Waals surface area contributed by atoms with Gasteiger partial charge in [-0.3, -0.25) is 14.6 Å². The highest BCUT2D eigenvalue weighted by molar-refractivity contribution is 7.91. The minimum Gasteiger partial charge on any atom is -0.348 e. The van der Waals surface area contributed by atoms with Crippen LogP contribution >= 0.6 is 0 Å². The molecule has 1 fully saturated rings. The minimum atomic E-state index is -3.10. The summed E-state index contributed by atoms with van der Waals surface area (Å²) >= 11 is 0. The van der Waals surface area contributed by atoms with E-state index < -0.39 is 27.7 Å². The maximum Gasteiger partial charge on any atom is 0.270 e. The van der Waals surface area contributed by atoms with E-state index in [1.165, 1.54) is 30.5 Å². The van der Waals surface area contributed by atoms with E-state index in [1.807, 2.05) is 0 Å². The van der Waals surface area contributed by atoms with E-state index in [1.54, 1.807) is 12.1 Å². The molecule has 0 spiro atoms. The Bertz CT molecular complexity index is 961. The molecule has 1 atom stereocenters. The van der Waals surface area contributed by atoms with Gasteiger partial charge in [-0.05, 0) is 36.2 Å². The summed E-state index contributed by atoms with van der Waals surface area (Å²) in [5, 5.41) is 5.32. The topological polar surface area (TPSA) is 105 Å². The molecule has 142 valence electrons. The van der Waals surface area contributed by atoms with Crippen molar-refractivity contribution in [2.24, 2.45) is 0 Å². The summed E-state index contributed by atoms with van der Waals surface area (Å²) in [6.45, 7) is 0.192. The molecule has 1 aliphatic rings. The number of sulfone groups is 1. The van der Waals surface area contributed by atoms with Crippen LogP contribution in [0.25, 0.3) is 0 Å². The molecule has 3 rings (SSSR count). The van der Waals surface area contributed by atoms with E-state index >= 15 is 0 Å². The van der Waals surface area contributed by atoms with Gasteiger partial charge in [0.2, 0.25) is 0 Å². The molecule has 1 unspecified atom stereocenters. The number of aromatic nitrogens is 1. The number of pyridine rings is 1. The molecule has 0 bridgehead atoms. The maximum absolute atomic E-state index is 12.9. The normalized spacial score (nSPS) is 18.0. The van der Waals surface area contributed by atoms with E-state index in [0.717, 1.165) is 5.56 Å². The largest absolute Gasteiger partial charge is 0.348 e. The van der Waals surface area contributed by atoms with Crippen LogP contribution in [0.15, 0.2) is 42.6 Å². The van der Waals surface area contributed by atoms with Gasteiger partial charge < -0.3 is 10.6 Å². The van der Waals surface area contributed by atoms with Crippen molar-refractivity contribution < 1.29 is 22.4 Å². The molecule has 2 amide bonds. The second-order valence-electron chi connectivity index (χ2n) is 6.31. The molecule has 2 N–H and O–H groups in total. The molecule has 0 aliphatic carbocycles. The van der Waals surface area contributed by atoms with Crippen molar-refractivity contribution >= 4 is 21.7 Å². The van der Waals surface area contributed by atoms with Crippen LogP contribution in [0.4, 0.5) is 4.39 Å². The molecule has 1 saturated heterocycles. The molecule has 7 nitrogen and oxygen atoms in total. The quantitative estimate of drug-likeness (QED) is 0.793. The Kier molecular flexibility index (Phi) is 5.50. The summed E-state index contributed by atoms with van der Waals surface area (Å²) < 4.78 is 35.8. The van der Waals surface area contributed by atoms with Gasteiger partial charge in [0.1, 0.15) is 11.5 Å². The van der Waals surface area contributed by atoms with E-state index in [2.05, 4.69) is 15.6 Å². The second kappa shape index (κ2) is 7.83. The van der Waals surface area contributed by atoms with Crippen LogP contribution in [0, 0.1) is 5.82 Å². The van der Waals surface area contributed by atoms with Gasteiger partial charge in [-0.1, -0.05) is 12.1 Å². The summed E-state index contributed by atoms with van der Waals surface area (Å²) in [5.41, 5.74) is 1.01. The predicted octanol–water partition coefficient (Wildman–Crippen LogP) is 1.07. The van der Waals surface area contributed by atoms with Gasteiger partial charge >= 0.3 is 0 Å². The fourth-order valence-electron chi connectivity index (χ4n) is 2.75. The second-order valence-corrected chi connectivity index (χ2v) is 8.54. The predicted molar refractivity (Wildman–Crippen MR) is 96.3 cm³/mol. The highest BCUT2D eigenvalue weighted by Crippen LogP contribution is 2.12. The molecule has 0 saturated carbocycles. The Hall–Kier alpha value is -2.81. The summed E-state index contributed by atoms with van der Waals surface area (Å²) in [7, 11) is -3.10. The first-order valence-corrected chi connectivity index (χ1v) is 10.1. The van der Waals surface area contributed by atoms with Gasteiger partial charge in [0.15, 0.2) is 9.84 Å². The molecule has 27 heavy (non-hydrogen) atoms.